The number of imide groups is 1. The molecule has 35 heavy (non-hydrogen) atoms. The third-order valence-electron chi connectivity index (χ3n) is 5.36. The van der Waals surface area contributed by atoms with Gasteiger partial charge in [0.25, 0.3) is 0 Å². The normalized spacial score (nSPS) is 16.0. The molecule has 6 nitrogen and oxygen atoms in total. The van der Waals surface area contributed by atoms with Crippen molar-refractivity contribution >= 4 is 40.1 Å². The van der Waals surface area contributed by atoms with E-state index in [0.717, 1.165) is 28.3 Å². The van der Waals surface area contributed by atoms with Crippen LogP contribution in [0.25, 0.3) is 0 Å². The Morgan fingerprint density at radius 3 is 2.46 bits per heavy atom. The first kappa shape index (κ1) is 24.5. The molecule has 3 aromatic carbocycles. The standard InChI is InChI=1S/C27H26FN3O3S/c1-2-34-23-14-10-21(11-15-23)30-27(29-17-16-19-6-4-3-5-7-19)35-24-18-25(32)31(26(24)33)22-12-8-20(28)9-13-22/h3-15,24H,2,16-18H2,1H3,(H,29,30). The summed E-state index contributed by atoms with van der Waals surface area (Å²) in [6.07, 6.45) is 0.790. The molecule has 1 aliphatic heterocycles. The lowest BCUT2D eigenvalue weighted by Crippen LogP contribution is -2.31. The van der Waals surface area contributed by atoms with Gasteiger partial charge in [-0.2, -0.15) is 0 Å². The number of carbonyl (C=O) groups is 2. The molecule has 0 aliphatic carbocycles. The predicted octanol–water partition coefficient (Wildman–Crippen LogP) is 5.30. The van der Waals surface area contributed by atoms with E-state index in [4.69, 9.17) is 9.73 Å². The molecule has 1 atom stereocenters. The van der Waals surface area contributed by atoms with Gasteiger partial charge in [0.1, 0.15) is 16.8 Å². The van der Waals surface area contributed by atoms with E-state index in [1.165, 1.54) is 36.0 Å². The third-order valence-corrected chi connectivity index (χ3v) is 6.47. The number of anilines is 2. The molecule has 0 saturated carbocycles. The highest BCUT2D eigenvalue weighted by Crippen LogP contribution is 2.31. The minimum Gasteiger partial charge on any atom is -0.494 e. The maximum Gasteiger partial charge on any atom is 0.247 e. The number of amides is 2. The SMILES string of the molecule is CCOc1ccc(NC(=NCCc2ccccc2)SC2CC(=O)N(c3ccc(F)cc3)C2=O)cc1. The van der Waals surface area contributed by atoms with Gasteiger partial charge in [-0.05, 0) is 67.4 Å². The van der Waals surface area contributed by atoms with Crippen molar-refractivity contribution < 1.29 is 18.7 Å². The van der Waals surface area contributed by atoms with Crippen molar-refractivity contribution in [2.24, 2.45) is 4.99 Å². The largest absolute Gasteiger partial charge is 0.494 e. The van der Waals surface area contributed by atoms with Gasteiger partial charge in [-0.3, -0.25) is 14.6 Å². The Labute approximate surface area is 208 Å². The van der Waals surface area contributed by atoms with Gasteiger partial charge in [0.15, 0.2) is 5.17 Å². The highest BCUT2D eigenvalue weighted by atomic mass is 32.2. The summed E-state index contributed by atoms with van der Waals surface area (Å²) >= 11 is 1.23. The van der Waals surface area contributed by atoms with Crippen LogP contribution in [0.3, 0.4) is 0 Å². The first-order valence-corrected chi connectivity index (χ1v) is 12.3. The number of nitrogens with zero attached hydrogens (tertiary/aromatic N) is 2. The van der Waals surface area contributed by atoms with Crippen LogP contribution in [0.15, 0.2) is 83.9 Å². The van der Waals surface area contributed by atoms with Gasteiger partial charge in [-0.1, -0.05) is 42.1 Å². The summed E-state index contributed by atoms with van der Waals surface area (Å²) in [5, 5.41) is 3.21. The molecule has 0 aromatic heterocycles. The van der Waals surface area contributed by atoms with Crippen molar-refractivity contribution in [2.45, 2.75) is 25.0 Å². The van der Waals surface area contributed by atoms with Crippen molar-refractivity contribution in [3.63, 3.8) is 0 Å². The number of aliphatic imine (C=N–C) groups is 1. The molecule has 1 N–H and O–H groups in total. The lowest BCUT2D eigenvalue weighted by Gasteiger charge is -2.16. The summed E-state index contributed by atoms with van der Waals surface area (Å²) in [6, 6.07) is 22.9. The van der Waals surface area contributed by atoms with Crippen LogP contribution in [0.1, 0.15) is 18.9 Å². The van der Waals surface area contributed by atoms with Crippen LogP contribution < -0.4 is 15.0 Å². The summed E-state index contributed by atoms with van der Waals surface area (Å²) in [5.74, 6) is -0.314. The molecular formula is C27H26FN3O3S. The Morgan fingerprint density at radius 1 is 1.06 bits per heavy atom. The first-order chi connectivity index (χ1) is 17.0. The summed E-state index contributed by atoms with van der Waals surface area (Å²) in [4.78, 5) is 31.6. The van der Waals surface area contributed by atoms with Crippen molar-refractivity contribution in [3.05, 3.63) is 90.2 Å². The quantitative estimate of drug-likeness (QED) is 0.263. The van der Waals surface area contributed by atoms with Gasteiger partial charge < -0.3 is 10.1 Å². The van der Waals surface area contributed by atoms with Crippen LogP contribution in [0.4, 0.5) is 15.8 Å². The minimum atomic E-state index is -0.627. The Balaban J connectivity index is 1.49. The lowest BCUT2D eigenvalue weighted by molar-refractivity contribution is -0.121. The number of amidine groups is 1. The third kappa shape index (κ3) is 6.48. The molecule has 0 radical (unpaired) electrons. The molecule has 180 valence electrons. The van der Waals surface area contributed by atoms with Gasteiger partial charge in [-0.15, -0.1) is 0 Å². The maximum absolute atomic E-state index is 13.3. The van der Waals surface area contributed by atoms with Gasteiger partial charge in [-0.25, -0.2) is 9.29 Å². The zero-order valence-corrected chi connectivity index (χ0v) is 20.1. The Kier molecular flexibility index (Phi) is 8.15. The van der Waals surface area contributed by atoms with Crippen LogP contribution in [-0.4, -0.2) is 35.4 Å². The van der Waals surface area contributed by atoms with Crippen molar-refractivity contribution in [1.29, 1.82) is 0 Å². The second-order valence-corrected chi connectivity index (χ2v) is 9.05. The molecule has 3 aromatic rings. The zero-order valence-electron chi connectivity index (χ0n) is 19.3. The van der Waals surface area contributed by atoms with Gasteiger partial charge >= 0.3 is 0 Å². The van der Waals surface area contributed by atoms with Crippen molar-refractivity contribution in [3.8, 4) is 5.75 Å². The average molecular weight is 492 g/mol. The molecular weight excluding hydrogens is 465 g/mol. The van der Waals surface area contributed by atoms with E-state index in [-0.39, 0.29) is 18.2 Å². The predicted molar refractivity (Wildman–Crippen MR) is 139 cm³/mol. The zero-order chi connectivity index (χ0) is 24.6. The molecule has 0 bridgehead atoms. The van der Waals surface area contributed by atoms with Crippen molar-refractivity contribution in [2.75, 3.05) is 23.4 Å². The molecule has 0 spiro atoms. The number of carbonyl (C=O) groups excluding carboxylic acids is 2. The van der Waals surface area contributed by atoms with Crippen LogP contribution >= 0.6 is 11.8 Å². The second kappa shape index (κ2) is 11.7. The Morgan fingerprint density at radius 2 is 1.77 bits per heavy atom. The molecule has 4 rings (SSSR count). The monoisotopic (exact) mass is 491 g/mol. The number of ether oxygens (including phenoxy) is 1. The molecule has 2 amide bonds. The van der Waals surface area contributed by atoms with E-state index in [1.807, 2.05) is 61.5 Å². The second-order valence-electron chi connectivity index (χ2n) is 7.86. The van der Waals surface area contributed by atoms with Crippen LogP contribution in [0.2, 0.25) is 0 Å². The number of halogens is 1. The Hall–Kier alpha value is -3.65. The fourth-order valence-corrected chi connectivity index (χ4v) is 4.70. The summed E-state index contributed by atoms with van der Waals surface area (Å²) in [7, 11) is 0. The fraction of sp³-hybridized carbons (Fsp3) is 0.222. The fourth-order valence-electron chi connectivity index (χ4n) is 3.65. The number of nitrogens with one attached hydrogen (secondary N) is 1. The molecule has 1 saturated heterocycles. The molecule has 1 heterocycles. The van der Waals surface area contributed by atoms with Crippen LogP contribution in [0.5, 0.6) is 5.75 Å². The van der Waals surface area contributed by atoms with E-state index in [1.54, 1.807) is 0 Å². The van der Waals surface area contributed by atoms with E-state index < -0.39 is 11.1 Å². The van der Waals surface area contributed by atoms with Crippen LogP contribution in [0, 0.1) is 5.82 Å². The highest BCUT2D eigenvalue weighted by Gasteiger charge is 2.40. The molecule has 8 heteroatoms. The van der Waals surface area contributed by atoms with Gasteiger partial charge in [0.05, 0.1) is 12.3 Å². The minimum absolute atomic E-state index is 0.0452. The number of hydrogen-bond donors (Lipinski definition) is 1. The number of hydrogen-bond acceptors (Lipinski definition) is 5. The van der Waals surface area contributed by atoms with E-state index in [9.17, 15) is 14.0 Å². The lowest BCUT2D eigenvalue weighted by atomic mass is 10.2. The topological polar surface area (TPSA) is 71.0 Å². The number of rotatable bonds is 8. The van der Waals surface area contributed by atoms with Crippen LogP contribution in [-0.2, 0) is 16.0 Å². The Bertz CT molecular complexity index is 1180. The highest BCUT2D eigenvalue weighted by molar-refractivity contribution is 8.15. The number of benzene rings is 3. The molecule has 1 unspecified atom stereocenters. The molecule has 1 fully saturated rings. The smallest absolute Gasteiger partial charge is 0.247 e. The van der Waals surface area contributed by atoms with Crippen molar-refractivity contribution in [1.82, 2.24) is 0 Å². The van der Waals surface area contributed by atoms with E-state index in [2.05, 4.69) is 5.32 Å². The van der Waals surface area contributed by atoms with Gasteiger partial charge in [0.2, 0.25) is 11.8 Å². The summed E-state index contributed by atoms with van der Waals surface area (Å²) in [6.45, 7) is 3.03. The van der Waals surface area contributed by atoms with Gasteiger partial charge in [0, 0.05) is 18.7 Å². The summed E-state index contributed by atoms with van der Waals surface area (Å²) < 4.78 is 18.8. The van der Waals surface area contributed by atoms with E-state index in [0.29, 0.717) is 24.0 Å². The molecule has 1 aliphatic rings. The summed E-state index contributed by atoms with van der Waals surface area (Å²) in [5.41, 5.74) is 2.33. The first-order valence-electron chi connectivity index (χ1n) is 11.4. The van der Waals surface area contributed by atoms with E-state index >= 15 is 0 Å². The maximum atomic E-state index is 13.3. The average Bonchev–Trinajstić information content (AvgIpc) is 3.14. The number of thioether (sulfide) groups is 1.